The number of hydrogen-bond acceptors (Lipinski definition) is 5. The van der Waals surface area contributed by atoms with E-state index in [0.29, 0.717) is 16.7 Å². The average molecular weight is 347 g/mol. The first-order valence-electron chi connectivity index (χ1n) is 6.84. The first-order chi connectivity index (χ1) is 11.1. The highest BCUT2D eigenvalue weighted by molar-refractivity contribution is 7.13. The second kappa shape index (κ2) is 5.36. The number of fused-ring (bicyclic) bond motifs is 1. The largest absolute Gasteiger partial charge is 0.437 e. The van der Waals surface area contributed by atoms with Crippen LogP contribution >= 0.6 is 22.9 Å². The van der Waals surface area contributed by atoms with Crippen LogP contribution in [0.5, 0.6) is 0 Å². The minimum Gasteiger partial charge on any atom is -0.387 e. The van der Waals surface area contributed by atoms with Gasteiger partial charge in [-0.2, -0.15) is 4.68 Å². The van der Waals surface area contributed by atoms with E-state index in [0.717, 1.165) is 15.9 Å². The van der Waals surface area contributed by atoms with Crippen LogP contribution in [0, 0.1) is 0 Å². The molecule has 1 aromatic carbocycles. The Hall–Kier alpha value is -2.38. The molecule has 4 aromatic rings. The monoisotopic (exact) mass is 346 g/mol. The molecular weight excluding hydrogens is 336 g/mol. The van der Waals surface area contributed by atoms with Gasteiger partial charge in [0.2, 0.25) is 0 Å². The Morgan fingerprint density at radius 1 is 1.35 bits per heavy atom. The molecule has 0 amide bonds. The Morgan fingerprint density at radius 2 is 2.22 bits per heavy atom. The van der Waals surface area contributed by atoms with Crippen molar-refractivity contribution in [2.75, 3.05) is 0 Å². The van der Waals surface area contributed by atoms with Crippen molar-refractivity contribution in [3.05, 3.63) is 57.1 Å². The lowest BCUT2D eigenvalue weighted by molar-refractivity contribution is 0.490. The predicted molar refractivity (Wildman–Crippen MR) is 88.9 cm³/mol. The van der Waals surface area contributed by atoms with Gasteiger partial charge in [-0.3, -0.25) is 0 Å². The topological polar surface area (TPSA) is 65.8 Å². The zero-order chi connectivity index (χ0) is 16.0. The summed E-state index contributed by atoms with van der Waals surface area (Å²) in [5.74, 6) is 0.528. The number of aromatic nitrogens is 4. The van der Waals surface area contributed by atoms with E-state index in [-0.39, 0.29) is 6.54 Å². The van der Waals surface area contributed by atoms with Gasteiger partial charge >= 0.3 is 5.76 Å². The maximum absolute atomic E-state index is 12.0. The van der Waals surface area contributed by atoms with Crippen molar-refractivity contribution in [3.8, 4) is 10.8 Å². The van der Waals surface area contributed by atoms with Crippen LogP contribution in [0.2, 0.25) is 5.02 Å². The maximum Gasteiger partial charge on any atom is 0.437 e. The Bertz CT molecular complexity index is 1050. The minimum atomic E-state index is -0.501. The molecule has 0 saturated heterocycles. The number of imidazole rings is 1. The number of halogens is 1. The summed E-state index contributed by atoms with van der Waals surface area (Å²) in [6.45, 7) is 0.233. The van der Waals surface area contributed by atoms with E-state index in [1.807, 2.05) is 41.3 Å². The molecule has 3 aromatic heterocycles. The van der Waals surface area contributed by atoms with Crippen molar-refractivity contribution in [1.29, 1.82) is 0 Å². The molecular formula is C15H11ClN4O2S. The van der Waals surface area contributed by atoms with E-state index in [4.69, 9.17) is 16.0 Å². The highest BCUT2D eigenvalue weighted by Gasteiger charge is 2.14. The number of aryl methyl sites for hydroxylation is 1. The summed E-state index contributed by atoms with van der Waals surface area (Å²) in [6, 6.07) is 9.25. The molecule has 4 rings (SSSR count). The molecule has 0 N–H and O–H groups in total. The third-order valence-corrected chi connectivity index (χ3v) is 4.66. The molecule has 0 bridgehead atoms. The Kier molecular flexibility index (Phi) is 3.32. The van der Waals surface area contributed by atoms with Gasteiger partial charge in [0.05, 0.1) is 15.9 Å². The number of rotatable bonds is 3. The number of hydrogen-bond donors (Lipinski definition) is 0. The molecule has 6 nitrogen and oxygen atoms in total. The molecule has 116 valence electrons. The maximum atomic E-state index is 12.0. The number of thiophene rings is 1. The quantitative estimate of drug-likeness (QED) is 0.571. The van der Waals surface area contributed by atoms with Gasteiger partial charge in [0.25, 0.3) is 5.89 Å². The van der Waals surface area contributed by atoms with E-state index in [1.165, 1.54) is 16.0 Å². The van der Waals surface area contributed by atoms with Crippen molar-refractivity contribution in [3.63, 3.8) is 0 Å². The van der Waals surface area contributed by atoms with Crippen LogP contribution < -0.4 is 5.76 Å². The van der Waals surface area contributed by atoms with Crippen LogP contribution in [-0.4, -0.2) is 19.3 Å². The normalized spacial score (nSPS) is 11.4. The third kappa shape index (κ3) is 2.47. The van der Waals surface area contributed by atoms with Gasteiger partial charge in [0.1, 0.15) is 12.4 Å². The molecule has 0 unspecified atom stereocenters. The molecule has 0 fully saturated rings. The van der Waals surface area contributed by atoms with Gasteiger partial charge in [0.15, 0.2) is 0 Å². The van der Waals surface area contributed by atoms with Gasteiger partial charge in [-0.05, 0) is 29.6 Å². The van der Waals surface area contributed by atoms with Crippen molar-refractivity contribution < 1.29 is 4.42 Å². The Labute approximate surface area is 139 Å². The van der Waals surface area contributed by atoms with Crippen LogP contribution in [-0.2, 0) is 13.6 Å². The second-order valence-electron chi connectivity index (χ2n) is 5.03. The minimum absolute atomic E-state index is 0.233. The van der Waals surface area contributed by atoms with Crippen molar-refractivity contribution in [2.45, 2.75) is 6.54 Å². The first kappa shape index (κ1) is 14.2. The lowest BCUT2D eigenvalue weighted by Crippen LogP contribution is -2.18. The Morgan fingerprint density at radius 3 is 3.00 bits per heavy atom. The molecule has 0 aliphatic heterocycles. The van der Waals surface area contributed by atoms with E-state index in [9.17, 15) is 4.79 Å². The number of nitrogens with zero attached hydrogens (tertiary/aromatic N) is 4. The summed E-state index contributed by atoms with van der Waals surface area (Å²) in [5, 5.41) is 6.78. The standard InChI is InChI=1S/C15H11ClN4O2S/c1-19-11-5-4-9(16)7-10(11)17-13(19)8-20-15(21)22-14(18-20)12-3-2-6-23-12/h2-7H,8H2,1H3. The van der Waals surface area contributed by atoms with Crippen LogP contribution in [0.4, 0.5) is 0 Å². The van der Waals surface area contributed by atoms with Gasteiger partial charge in [-0.25, -0.2) is 9.78 Å². The van der Waals surface area contributed by atoms with Crippen molar-refractivity contribution in [1.82, 2.24) is 19.3 Å². The van der Waals surface area contributed by atoms with Crippen LogP contribution in [0.1, 0.15) is 5.82 Å². The second-order valence-corrected chi connectivity index (χ2v) is 6.41. The summed E-state index contributed by atoms with van der Waals surface area (Å²) in [7, 11) is 1.89. The Balaban J connectivity index is 1.74. The van der Waals surface area contributed by atoms with Gasteiger partial charge < -0.3 is 8.98 Å². The summed E-state index contributed by atoms with van der Waals surface area (Å²) in [6.07, 6.45) is 0. The molecule has 0 aliphatic carbocycles. The molecule has 8 heteroatoms. The van der Waals surface area contributed by atoms with Gasteiger partial charge in [0, 0.05) is 12.1 Å². The molecule has 0 aliphatic rings. The van der Waals surface area contributed by atoms with E-state index in [1.54, 1.807) is 6.07 Å². The zero-order valence-corrected chi connectivity index (χ0v) is 13.6. The average Bonchev–Trinajstić information content (AvgIpc) is 3.22. The SMILES string of the molecule is Cn1c(Cn2nc(-c3cccs3)oc2=O)nc2cc(Cl)ccc21. The lowest BCUT2D eigenvalue weighted by atomic mass is 10.3. The zero-order valence-electron chi connectivity index (χ0n) is 12.1. The first-order valence-corrected chi connectivity index (χ1v) is 8.10. The van der Waals surface area contributed by atoms with E-state index < -0.39 is 5.76 Å². The van der Waals surface area contributed by atoms with Crippen molar-refractivity contribution in [2.24, 2.45) is 7.05 Å². The molecule has 23 heavy (non-hydrogen) atoms. The lowest BCUT2D eigenvalue weighted by Gasteiger charge is -2.00. The fourth-order valence-corrected chi connectivity index (χ4v) is 3.21. The smallest absolute Gasteiger partial charge is 0.387 e. The summed E-state index contributed by atoms with van der Waals surface area (Å²) >= 11 is 7.46. The third-order valence-electron chi connectivity index (χ3n) is 3.56. The highest BCUT2D eigenvalue weighted by atomic mass is 35.5. The highest BCUT2D eigenvalue weighted by Crippen LogP contribution is 2.22. The van der Waals surface area contributed by atoms with Crippen LogP contribution in [0.15, 0.2) is 44.9 Å². The fraction of sp³-hybridized carbons (Fsp3) is 0.133. The van der Waals surface area contributed by atoms with Crippen LogP contribution in [0.3, 0.4) is 0 Å². The van der Waals surface area contributed by atoms with Gasteiger partial charge in [-0.1, -0.05) is 17.7 Å². The summed E-state index contributed by atoms with van der Waals surface area (Å²) < 4.78 is 8.40. The molecule has 0 atom stereocenters. The van der Waals surface area contributed by atoms with Gasteiger partial charge in [-0.15, -0.1) is 16.4 Å². The predicted octanol–water partition coefficient (Wildman–Crippen LogP) is 3.15. The van der Waals surface area contributed by atoms with Crippen molar-refractivity contribution >= 4 is 34.0 Å². The fourth-order valence-electron chi connectivity index (χ4n) is 2.40. The molecule has 3 heterocycles. The summed E-state index contributed by atoms with van der Waals surface area (Å²) in [5.41, 5.74) is 1.73. The molecule has 0 saturated carbocycles. The van der Waals surface area contributed by atoms with E-state index >= 15 is 0 Å². The summed E-state index contributed by atoms with van der Waals surface area (Å²) in [4.78, 5) is 17.3. The number of benzene rings is 1. The molecule has 0 radical (unpaired) electrons. The molecule has 0 spiro atoms. The van der Waals surface area contributed by atoms with Crippen LogP contribution in [0.25, 0.3) is 21.8 Å². The van der Waals surface area contributed by atoms with E-state index in [2.05, 4.69) is 10.1 Å².